The third-order valence-electron chi connectivity index (χ3n) is 2.53. The molecule has 1 aromatic rings. The lowest BCUT2D eigenvalue weighted by molar-refractivity contribution is -0.384. The van der Waals surface area contributed by atoms with Gasteiger partial charge in [-0.15, -0.1) is 6.58 Å². The summed E-state index contributed by atoms with van der Waals surface area (Å²) in [5, 5.41) is 13.0. The number of non-ortho nitro benzene ring substituents is 1. The Hall–Kier alpha value is -2.70. The van der Waals surface area contributed by atoms with Gasteiger partial charge in [-0.25, -0.2) is 4.79 Å². The fourth-order valence-electron chi connectivity index (χ4n) is 1.50. The van der Waals surface area contributed by atoms with Gasteiger partial charge in [-0.1, -0.05) is 6.08 Å². The molecule has 0 radical (unpaired) electrons. The maximum Gasteiger partial charge on any atom is 0.328 e. The summed E-state index contributed by atoms with van der Waals surface area (Å²) in [6.07, 6.45) is 1.71. The molecule has 0 aliphatic rings. The Morgan fingerprint density at radius 2 is 2.05 bits per heavy atom. The van der Waals surface area contributed by atoms with Gasteiger partial charge < -0.3 is 10.1 Å². The molecule has 1 amide bonds. The summed E-state index contributed by atoms with van der Waals surface area (Å²) in [5.41, 5.74) is 0.103. The Bertz CT molecular complexity index is 524. The average Bonchev–Trinajstić information content (AvgIpc) is 2.45. The summed E-state index contributed by atoms with van der Waals surface area (Å²) in [6, 6.07) is 4.23. The number of carbonyl (C=O) groups is 2. The first-order valence-corrected chi connectivity index (χ1v) is 5.73. The van der Waals surface area contributed by atoms with Crippen molar-refractivity contribution < 1.29 is 19.2 Å². The second-order valence-corrected chi connectivity index (χ2v) is 3.88. The molecule has 1 N–H and O–H groups in total. The van der Waals surface area contributed by atoms with Crippen LogP contribution in [0.1, 0.15) is 16.8 Å². The molecule has 0 saturated heterocycles. The lowest BCUT2D eigenvalue weighted by Gasteiger charge is -2.14. The number of rotatable bonds is 6. The Morgan fingerprint density at radius 3 is 2.50 bits per heavy atom. The van der Waals surface area contributed by atoms with Gasteiger partial charge >= 0.3 is 5.97 Å². The Labute approximate surface area is 115 Å². The van der Waals surface area contributed by atoms with Crippen LogP contribution < -0.4 is 5.32 Å². The number of benzene rings is 1. The summed E-state index contributed by atoms with van der Waals surface area (Å²) >= 11 is 0. The van der Waals surface area contributed by atoms with Crippen LogP contribution in [-0.2, 0) is 9.53 Å². The third kappa shape index (κ3) is 3.91. The number of methoxy groups -OCH3 is 1. The lowest BCUT2D eigenvalue weighted by atomic mass is 10.1. The van der Waals surface area contributed by atoms with E-state index in [4.69, 9.17) is 0 Å². The van der Waals surface area contributed by atoms with Crippen molar-refractivity contribution in [2.24, 2.45) is 0 Å². The minimum absolute atomic E-state index is 0.114. The number of hydrogen-bond donors (Lipinski definition) is 1. The normalized spacial score (nSPS) is 11.2. The first-order chi connectivity index (χ1) is 9.49. The highest BCUT2D eigenvalue weighted by atomic mass is 16.6. The molecule has 0 unspecified atom stereocenters. The zero-order valence-electron chi connectivity index (χ0n) is 10.9. The van der Waals surface area contributed by atoms with E-state index in [0.29, 0.717) is 0 Å². The van der Waals surface area contributed by atoms with Gasteiger partial charge in [-0.3, -0.25) is 14.9 Å². The predicted molar refractivity (Wildman–Crippen MR) is 71.2 cm³/mol. The SMILES string of the molecule is C=CC[C@H](NC(=O)c1ccc([N+](=O)[O-])cc1)C(=O)OC. The van der Waals surface area contributed by atoms with Crippen LogP contribution >= 0.6 is 0 Å². The molecule has 0 bridgehead atoms. The number of hydrogen-bond acceptors (Lipinski definition) is 5. The molecule has 0 aromatic heterocycles. The molecule has 1 rings (SSSR count). The molecule has 7 nitrogen and oxygen atoms in total. The van der Waals surface area contributed by atoms with Crippen LogP contribution in [-0.4, -0.2) is 30.0 Å². The van der Waals surface area contributed by atoms with Crippen LogP contribution in [0.15, 0.2) is 36.9 Å². The minimum atomic E-state index is -0.833. The smallest absolute Gasteiger partial charge is 0.328 e. The number of nitro benzene ring substituents is 1. The number of nitro groups is 1. The van der Waals surface area contributed by atoms with E-state index in [1.807, 2.05) is 0 Å². The van der Waals surface area contributed by atoms with Crippen LogP contribution in [0, 0.1) is 10.1 Å². The molecule has 7 heteroatoms. The molecular formula is C13H14N2O5. The topological polar surface area (TPSA) is 98.5 Å². The van der Waals surface area contributed by atoms with E-state index in [9.17, 15) is 19.7 Å². The van der Waals surface area contributed by atoms with Crippen LogP contribution in [0.5, 0.6) is 0 Å². The van der Waals surface area contributed by atoms with Crippen LogP contribution in [0.25, 0.3) is 0 Å². The number of amides is 1. The van der Waals surface area contributed by atoms with Gasteiger partial charge in [0.25, 0.3) is 11.6 Å². The second-order valence-electron chi connectivity index (χ2n) is 3.88. The zero-order chi connectivity index (χ0) is 15.1. The molecule has 0 heterocycles. The largest absolute Gasteiger partial charge is 0.467 e. The summed E-state index contributed by atoms with van der Waals surface area (Å²) in [7, 11) is 1.22. The highest BCUT2D eigenvalue weighted by Gasteiger charge is 2.20. The van der Waals surface area contributed by atoms with E-state index in [-0.39, 0.29) is 17.7 Å². The summed E-state index contributed by atoms with van der Waals surface area (Å²) in [4.78, 5) is 33.3. The minimum Gasteiger partial charge on any atom is -0.467 e. The maximum atomic E-state index is 11.9. The van der Waals surface area contributed by atoms with Gasteiger partial charge in [0.2, 0.25) is 0 Å². The van der Waals surface area contributed by atoms with Crippen molar-refractivity contribution in [1.29, 1.82) is 0 Å². The van der Waals surface area contributed by atoms with Crippen molar-refractivity contribution in [3.05, 3.63) is 52.6 Å². The quantitative estimate of drug-likeness (QED) is 0.367. The molecule has 20 heavy (non-hydrogen) atoms. The van der Waals surface area contributed by atoms with Crippen molar-refractivity contribution in [3.63, 3.8) is 0 Å². The molecular weight excluding hydrogens is 264 g/mol. The monoisotopic (exact) mass is 278 g/mol. The summed E-state index contributed by atoms with van der Waals surface area (Å²) in [5.74, 6) is -1.10. The van der Waals surface area contributed by atoms with Crippen molar-refractivity contribution >= 4 is 17.6 Å². The summed E-state index contributed by atoms with van der Waals surface area (Å²) < 4.78 is 4.56. The second kappa shape index (κ2) is 7.03. The Morgan fingerprint density at radius 1 is 1.45 bits per heavy atom. The highest BCUT2D eigenvalue weighted by Crippen LogP contribution is 2.12. The number of carbonyl (C=O) groups excluding carboxylic acids is 2. The number of ether oxygens (including phenoxy) is 1. The fourth-order valence-corrected chi connectivity index (χ4v) is 1.50. The van der Waals surface area contributed by atoms with Crippen molar-refractivity contribution in [3.8, 4) is 0 Å². The molecule has 106 valence electrons. The molecule has 0 spiro atoms. The molecule has 0 fully saturated rings. The van der Waals surface area contributed by atoms with Gasteiger partial charge in [0, 0.05) is 17.7 Å². The Balaban J connectivity index is 2.80. The zero-order valence-corrected chi connectivity index (χ0v) is 10.9. The first-order valence-electron chi connectivity index (χ1n) is 5.73. The van der Waals surface area contributed by atoms with Gasteiger partial charge in [0.05, 0.1) is 12.0 Å². The van der Waals surface area contributed by atoms with Crippen LogP contribution in [0.2, 0.25) is 0 Å². The Kier molecular flexibility index (Phi) is 5.40. The average molecular weight is 278 g/mol. The standard InChI is InChI=1S/C13H14N2O5/c1-3-4-11(13(17)20-2)14-12(16)9-5-7-10(8-6-9)15(18)19/h3,5-8,11H,1,4H2,2H3,(H,14,16)/t11-/m0/s1. The lowest BCUT2D eigenvalue weighted by Crippen LogP contribution is -2.41. The molecule has 1 aromatic carbocycles. The number of nitrogens with one attached hydrogen (secondary N) is 1. The van der Waals surface area contributed by atoms with E-state index in [0.717, 1.165) is 0 Å². The van der Waals surface area contributed by atoms with E-state index >= 15 is 0 Å². The summed E-state index contributed by atoms with van der Waals surface area (Å²) in [6.45, 7) is 3.49. The molecule has 0 aliphatic heterocycles. The number of nitrogens with zero attached hydrogens (tertiary/aromatic N) is 1. The van der Waals surface area contributed by atoms with Crippen molar-refractivity contribution in [2.45, 2.75) is 12.5 Å². The van der Waals surface area contributed by atoms with Crippen LogP contribution in [0.3, 0.4) is 0 Å². The number of esters is 1. The fraction of sp³-hybridized carbons (Fsp3) is 0.231. The molecule has 0 saturated carbocycles. The van der Waals surface area contributed by atoms with Gasteiger partial charge in [-0.05, 0) is 18.6 Å². The van der Waals surface area contributed by atoms with Crippen molar-refractivity contribution in [1.82, 2.24) is 5.32 Å². The predicted octanol–water partition coefficient (Wildman–Crippen LogP) is 1.44. The van der Waals surface area contributed by atoms with E-state index < -0.39 is 22.8 Å². The van der Waals surface area contributed by atoms with Gasteiger partial charge in [-0.2, -0.15) is 0 Å². The molecule has 0 aliphatic carbocycles. The highest BCUT2D eigenvalue weighted by molar-refractivity contribution is 5.96. The maximum absolute atomic E-state index is 11.9. The molecule has 1 atom stereocenters. The van der Waals surface area contributed by atoms with Gasteiger partial charge in [0.1, 0.15) is 6.04 Å². The van der Waals surface area contributed by atoms with E-state index in [2.05, 4.69) is 16.6 Å². The van der Waals surface area contributed by atoms with Crippen molar-refractivity contribution in [2.75, 3.05) is 7.11 Å². The van der Waals surface area contributed by atoms with Crippen LogP contribution in [0.4, 0.5) is 5.69 Å². The van der Waals surface area contributed by atoms with E-state index in [1.165, 1.54) is 37.5 Å². The third-order valence-corrected chi connectivity index (χ3v) is 2.53. The van der Waals surface area contributed by atoms with E-state index in [1.54, 1.807) is 0 Å². The van der Waals surface area contributed by atoms with Gasteiger partial charge in [0.15, 0.2) is 0 Å². The first kappa shape index (κ1) is 15.4.